The molecule has 24 heavy (non-hydrogen) atoms. The van der Waals surface area contributed by atoms with E-state index in [1.807, 2.05) is 25.1 Å². The van der Waals surface area contributed by atoms with Crippen LogP contribution in [-0.2, 0) is 6.42 Å². The molecule has 5 heteroatoms. The zero-order valence-electron chi connectivity index (χ0n) is 13.7. The lowest BCUT2D eigenvalue weighted by Gasteiger charge is -2.10. The summed E-state index contributed by atoms with van der Waals surface area (Å²) < 4.78 is 13.3. The predicted molar refractivity (Wildman–Crippen MR) is 95.6 cm³/mol. The minimum absolute atomic E-state index is 0.292. The monoisotopic (exact) mass is 322 g/mol. The van der Waals surface area contributed by atoms with Gasteiger partial charge in [-0.3, -0.25) is 0 Å². The molecule has 0 aliphatic carbocycles. The van der Waals surface area contributed by atoms with Gasteiger partial charge >= 0.3 is 0 Å². The number of nitrogens with one attached hydrogen (secondary N) is 2. The van der Waals surface area contributed by atoms with E-state index >= 15 is 0 Å². The Morgan fingerprint density at radius 3 is 2.42 bits per heavy atom. The molecule has 0 unspecified atom stereocenters. The maximum Gasteiger partial charge on any atom is 0.229 e. The molecular weight excluding hydrogens is 303 g/mol. The maximum atomic E-state index is 13.3. The van der Waals surface area contributed by atoms with Crippen molar-refractivity contribution in [1.29, 1.82) is 0 Å². The van der Waals surface area contributed by atoms with Crippen LogP contribution in [-0.4, -0.2) is 9.97 Å². The minimum Gasteiger partial charge on any atom is -0.340 e. The number of benzene rings is 2. The molecule has 122 valence electrons. The van der Waals surface area contributed by atoms with Crippen LogP contribution in [0, 0.1) is 12.7 Å². The van der Waals surface area contributed by atoms with Gasteiger partial charge in [0.15, 0.2) is 0 Å². The molecule has 3 aromatic rings. The van der Waals surface area contributed by atoms with Crippen LogP contribution in [0.25, 0.3) is 0 Å². The van der Waals surface area contributed by atoms with Crippen molar-refractivity contribution in [3.8, 4) is 0 Å². The summed E-state index contributed by atoms with van der Waals surface area (Å²) in [6, 6.07) is 16.2. The molecule has 0 radical (unpaired) electrons. The van der Waals surface area contributed by atoms with Crippen molar-refractivity contribution in [2.75, 3.05) is 10.6 Å². The zero-order chi connectivity index (χ0) is 16.9. The Hall–Kier alpha value is -2.95. The van der Waals surface area contributed by atoms with Gasteiger partial charge in [-0.25, -0.2) is 9.37 Å². The van der Waals surface area contributed by atoms with Crippen LogP contribution in [0.1, 0.15) is 18.2 Å². The van der Waals surface area contributed by atoms with Crippen LogP contribution in [0.15, 0.2) is 54.6 Å². The number of rotatable bonds is 5. The fraction of sp³-hybridized carbons (Fsp3) is 0.158. The molecule has 0 saturated carbocycles. The van der Waals surface area contributed by atoms with Gasteiger partial charge in [-0.15, -0.1) is 0 Å². The average Bonchev–Trinajstić information content (AvgIpc) is 2.55. The van der Waals surface area contributed by atoms with Gasteiger partial charge in [0, 0.05) is 23.1 Å². The van der Waals surface area contributed by atoms with Crippen LogP contribution in [0.5, 0.6) is 0 Å². The first-order valence-electron chi connectivity index (χ1n) is 7.86. The van der Waals surface area contributed by atoms with Crippen molar-refractivity contribution >= 4 is 23.1 Å². The van der Waals surface area contributed by atoms with E-state index < -0.39 is 0 Å². The van der Waals surface area contributed by atoms with E-state index in [2.05, 4.69) is 39.7 Å². The Morgan fingerprint density at radius 1 is 0.917 bits per heavy atom. The van der Waals surface area contributed by atoms with Gasteiger partial charge in [0.25, 0.3) is 0 Å². The molecule has 0 amide bonds. The van der Waals surface area contributed by atoms with Crippen molar-refractivity contribution in [2.45, 2.75) is 20.3 Å². The minimum atomic E-state index is -0.292. The summed E-state index contributed by atoms with van der Waals surface area (Å²) >= 11 is 0. The molecule has 0 atom stereocenters. The van der Waals surface area contributed by atoms with E-state index in [9.17, 15) is 4.39 Å². The first-order valence-corrected chi connectivity index (χ1v) is 7.86. The Labute approximate surface area is 140 Å². The first-order chi connectivity index (χ1) is 11.6. The Balaban J connectivity index is 1.80. The first kappa shape index (κ1) is 15.9. The third-order valence-corrected chi connectivity index (χ3v) is 3.57. The third kappa shape index (κ3) is 4.07. The predicted octanol–water partition coefficient (Wildman–Crippen LogP) is 4.97. The molecule has 1 aromatic heterocycles. The summed E-state index contributed by atoms with van der Waals surface area (Å²) in [5, 5.41) is 6.30. The van der Waals surface area contributed by atoms with E-state index in [0.29, 0.717) is 17.5 Å². The highest BCUT2D eigenvalue weighted by Crippen LogP contribution is 2.20. The van der Waals surface area contributed by atoms with Gasteiger partial charge < -0.3 is 10.6 Å². The topological polar surface area (TPSA) is 49.8 Å². The van der Waals surface area contributed by atoms with Crippen LogP contribution in [0.3, 0.4) is 0 Å². The smallest absolute Gasteiger partial charge is 0.229 e. The summed E-state index contributed by atoms with van der Waals surface area (Å²) in [6.07, 6.45) is 1.00. The second kappa shape index (κ2) is 7.08. The molecule has 2 N–H and O–H groups in total. The van der Waals surface area contributed by atoms with Crippen molar-refractivity contribution < 1.29 is 4.39 Å². The lowest BCUT2D eigenvalue weighted by atomic mass is 10.1. The van der Waals surface area contributed by atoms with Crippen molar-refractivity contribution in [3.63, 3.8) is 0 Å². The molecule has 0 aliphatic rings. The van der Waals surface area contributed by atoms with Crippen LogP contribution in [0.2, 0.25) is 0 Å². The van der Waals surface area contributed by atoms with E-state index in [4.69, 9.17) is 0 Å². The number of aryl methyl sites for hydroxylation is 2. The van der Waals surface area contributed by atoms with E-state index in [-0.39, 0.29) is 5.82 Å². The second-order valence-electron chi connectivity index (χ2n) is 5.53. The summed E-state index contributed by atoms with van der Waals surface area (Å²) in [5.74, 6) is 0.819. The fourth-order valence-electron chi connectivity index (χ4n) is 2.36. The van der Waals surface area contributed by atoms with Gasteiger partial charge in [-0.1, -0.05) is 25.1 Å². The van der Waals surface area contributed by atoms with Gasteiger partial charge in [0.2, 0.25) is 5.95 Å². The van der Waals surface area contributed by atoms with Crippen LogP contribution in [0.4, 0.5) is 27.5 Å². The average molecular weight is 322 g/mol. The highest BCUT2D eigenvalue weighted by molar-refractivity contribution is 5.60. The molecule has 0 spiro atoms. The lowest BCUT2D eigenvalue weighted by Crippen LogP contribution is -2.02. The standard InChI is InChI=1S/C19H19FN4/c1-3-14-7-9-16(10-8-14)23-19-21-13(2)11-18(24-19)22-17-6-4-5-15(20)12-17/h4-12H,3H2,1-2H3,(H2,21,22,23,24). The molecule has 0 fully saturated rings. The molecule has 0 aliphatic heterocycles. The van der Waals surface area contributed by atoms with Crippen LogP contribution >= 0.6 is 0 Å². The molecule has 3 rings (SSSR count). The number of hydrogen-bond acceptors (Lipinski definition) is 4. The van der Waals surface area contributed by atoms with Gasteiger partial charge in [0.1, 0.15) is 11.6 Å². The highest BCUT2D eigenvalue weighted by atomic mass is 19.1. The highest BCUT2D eigenvalue weighted by Gasteiger charge is 2.04. The number of aromatic nitrogens is 2. The fourth-order valence-corrected chi connectivity index (χ4v) is 2.36. The lowest BCUT2D eigenvalue weighted by molar-refractivity contribution is 0.628. The zero-order valence-corrected chi connectivity index (χ0v) is 13.7. The van der Waals surface area contributed by atoms with Gasteiger partial charge in [-0.2, -0.15) is 4.98 Å². The van der Waals surface area contributed by atoms with Gasteiger partial charge in [-0.05, 0) is 49.2 Å². The second-order valence-corrected chi connectivity index (χ2v) is 5.53. The summed E-state index contributed by atoms with van der Waals surface area (Å²) in [7, 11) is 0. The summed E-state index contributed by atoms with van der Waals surface area (Å²) in [4.78, 5) is 8.84. The van der Waals surface area contributed by atoms with E-state index in [1.165, 1.54) is 17.7 Å². The summed E-state index contributed by atoms with van der Waals surface area (Å²) in [5.41, 5.74) is 3.66. The SMILES string of the molecule is CCc1ccc(Nc2nc(C)cc(Nc3cccc(F)c3)n2)cc1. The van der Waals surface area contributed by atoms with Crippen molar-refractivity contribution in [3.05, 3.63) is 71.7 Å². The molecule has 0 saturated heterocycles. The van der Waals surface area contributed by atoms with Crippen molar-refractivity contribution in [1.82, 2.24) is 9.97 Å². The third-order valence-electron chi connectivity index (χ3n) is 3.57. The van der Waals surface area contributed by atoms with Gasteiger partial charge in [0.05, 0.1) is 0 Å². The maximum absolute atomic E-state index is 13.3. The van der Waals surface area contributed by atoms with Crippen molar-refractivity contribution in [2.24, 2.45) is 0 Å². The van der Waals surface area contributed by atoms with E-state index in [0.717, 1.165) is 17.8 Å². The Morgan fingerprint density at radius 2 is 1.71 bits per heavy atom. The molecule has 2 aromatic carbocycles. The molecule has 0 bridgehead atoms. The molecule has 4 nitrogen and oxygen atoms in total. The molecule has 1 heterocycles. The number of halogens is 1. The normalized spacial score (nSPS) is 10.5. The van der Waals surface area contributed by atoms with E-state index in [1.54, 1.807) is 12.1 Å². The molecular formula is C19H19FN4. The number of anilines is 4. The van der Waals surface area contributed by atoms with Crippen LogP contribution < -0.4 is 10.6 Å². The largest absolute Gasteiger partial charge is 0.340 e. The number of hydrogen-bond donors (Lipinski definition) is 2. The Kier molecular flexibility index (Phi) is 4.70. The quantitative estimate of drug-likeness (QED) is 0.696. The summed E-state index contributed by atoms with van der Waals surface area (Å²) in [6.45, 7) is 4.01. The number of nitrogens with zero attached hydrogens (tertiary/aromatic N) is 2. The Bertz CT molecular complexity index is 831.